The molecule has 100 valence electrons. The number of carbonyl (C=O) groups excluding carboxylic acids is 1. The Morgan fingerprint density at radius 3 is 2.95 bits per heavy atom. The van der Waals surface area contributed by atoms with Crippen LogP contribution in [0.5, 0.6) is 0 Å². The molecule has 0 saturated carbocycles. The second-order valence-electron chi connectivity index (χ2n) is 4.07. The minimum absolute atomic E-state index is 0.0890. The van der Waals surface area contributed by atoms with E-state index in [4.69, 9.17) is 5.73 Å². The van der Waals surface area contributed by atoms with Gasteiger partial charge in [-0.2, -0.15) is 5.10 Å². The zero-order chi connectivity index (χ0) is 13.8. The largest absolute Gasteiger partial charge is 0.399 e. The third-order valence-corrected chi connectivity index (χ3v) is 3.50. The van der Waals surface area contributed by atoms with Crippen LogP contribution < -0.4 is 11.1 Å². The number of carbonyl (C=O) groups is 1. The molecule has 6 heteroatoms. The summed E-state index contributed by atoms with van der Waals surface area (Å²) in [7, 11) is 1.86. The van der Waals surface area contributed by atoms with Gasteiger partial charge in [-0.15, -0.1) is 0 Å². The number of nitrogens with zero attached hydrogens (tertiary/aromatic N) is 2. The smallest absolute Gasteiger partial charge is 0.252 e. The number of nitrogens with two attached hydrogens (primary N) is 1. The molecule has 1 amide bonds. The molecule has 2 aromatic rings. The molecule has 0 aliphatic rings. The normalized spacial score (nSPS) is 10.4. The highest BCUT2D eigenvalue weighted by Gasteiger charge is 2.12. The average molecular weight is 276 g/mol. The van der Waals surface area contributed by atoms with Crippen molar-refractivity contribution in [2.45, 2.75) is 16.7 Å². The van der Waals surface area contributed by atoms with Crippen molar-refractivity contribution in [3.8, 4) is 0 Å². The predicted molar refractivity (Wildman–Crippen MR) is 76.2 cm³/mol. The number of anilines is 1. The van der Waals surface area contributed by atoms with E-state index < -0.39 is 0 Å². The van der Waals surface area contributed by atoms with Gasteiger partial charge in [0.05, 0.1) is 16.7 Å². The number of aromatic nitrogens is 2. The van der Waals surface area contributed by atoms with Gasteiger partial charge in [0.1, 0.15) is 0 Å². The van der Waals surface area contributed by atoms with Gasteiger partial charge in [-0.05, 0) is 25.1 Å². The Hall–Kier alpha value is -1.95. The summed E-state index contributed by atoms with van der Waals surface area (Å²) < 4.78 is 1.72. The Balaban J connectivity index is 2.31. The highest BCUT2D eigenvalue weighted by atomic mass is 32.2. The molecular weight excluding hydrogens is 260 g/mol. The molecule has 3 N–H and O–H groups in total. The lowest BCUT2D eigenvalue weighted by Gasteiger charge is -2.09. The maximum absolute atomic E-state index is 12.0. The first-order valence-electron chi connectivity index (χ1n) is 5.94. The van der Waals surface area contributed by atoms with Crippen LogP contribution in [0.25, 0.3) is 0 Å². The van der Waals surface area contributed by atoms with E-state index in [1.165, 1.54) is 11.8 Å². The van der Waals surface area contributed by atoms with Gasteiger partial charge in [-0.1, -0.05) is 11.8 Å². The van der Waals surface area contributed by atoms with E-state index in [0.29, 0.717) is 17.8 Å². The molecule has 0 atom stereocenters. The molecule has 0 fully saturated rings. The highest BCUT2D eigenvalue weighted by Crippen LogP contribution is 2.31. The number of hydrogen-bond donors (Lipinski definition) is 2. The van der Waals surface area contributed by atoms with Crippen LogP contribution in [0, 0.1) is 0 Å². The third-order valence-electron chi connectivity index (χ3n) is 2.50. The predicted octanol–water partition coefficient (Wildman–Crippen LogP) is 1.90. The number of rotatable bonds is 4. The topological polar surface area (TPSA) is 72.9 Å². The van der Waals surface area contributed by atoms with Gasteiger partial charge >= 0.3 is 0 Å². The summed E-state index contributed by atoms with van der Waals surface area (Å²) >= 11 is 1.48. The summed E-state index contributed by atoms with van der Waals surface area (Å²) in [4.78, 5) is 13.8. The van der Waals surface area contributed by atoms with E-state index >= 15 is 0 Å². The Morgan fingerprint density at radius 1 is 1.53 bits per heavy atom. The summed E-state index contributed by atoms with van der Waals surface area (Å²) in [5, 5.41) is 6.91. The fourth-order valence-electron chi connectivity index (χ4n) is 1.65. The SMILES string of the molecule is CCNC(=O)c1ccc(N)cc1Sc1cnn(C)c1. The highest BCUT2D eigenvalue weighted by molar-refractivity contribution is 7.99. The van der Waals surface area contributed by atoms with Crippen LogP contribution in [0.2, 0.25) is 0 Å². The maximum atomic E-state index is 12.0. The van der Waals surface area contributed by atoms with Crippen LogP contribution in [0.1, 0.15) is 17.3 Å². The number of amides is 1. The maximum Gasteiger partial charge on any atom is 0.252 e. The molecule has 1 aromatic carbocycles. The Bertz CT molecular complexity index is 594. The Morgan fingerprint density at radius 2 is 2.32 bits per heavy atom. The summed E-state index contributed by atoms with van der Waals surface area (Å²) in [6.07, 6.45) is 3.66. The summed E-state index contributed by atoms with van der Waals surface area (Å²) in [5.74, 6) is -0.0890. The van der Waals surface area contributed by atoms with Gasteiger partial charge in [-0.25, -0.2) is 0 Å². The molecule has 0 aliphatic carbocycles. The number of benzene rings is 1. The lowest BCUT2D eigenvalue weighted by atomic mass is 10.2. The van der Waals surface area contributed by atoms with Crippen LogP contribution in [-0.4, -0.2) is 22.2 Å². The van der Waals surface area contributed by atoms with Gasteiger partial charge in [0, 0.05) is 30.4 Å². The molecule has 0 aliphatic heterocycles. The number of aryl methyl sites for hydroxylation is 1. The van der Waals surface area contributed by atoms with E-state index in [2.05, 4.69) is 10.4 Å². The van der Waals surface area contributed by atoms with E-state index in [1.807, 2.05) is 26.2 Å². The number of nitrogen functional groups attached to an aromatic ring is 1. The first-order chi connectivity index (χ1) is 9.10. The zero-order valence-electron chi connectivity index (χ0n) is 10.9. The quantitative estimate of drug-likeness (QED) is 0.837. The number of hydrogen-bond acceptors (Lipinski definition) is 4. The van der Waals surface area contributed by atoms with Crippen LogP contribution in [0.4, 0.5) is 5.69 Å². The van der Waals surface area contributed by atoms with E-state index in [0.717, 1.165) is 9.79 Å². The molecule has 0 unspecified atom stereocenters. The van der Waals surface area contributed by atoms with Crippen molar-refractivity contribution in [1.82, 2.24) is 15.1 Å². The van der Waals surface area contributed by atoms with Crippen molar-refractivity contribution in [3.05, 3.63) is 36.2 Å². The fourth-order valence-corrected chi connectivity index (χ4v) is 2.67. The molecular formula is C13H16N4OS. The van der Waals surface area contributed by atoms with Crippen molar-refractivity contribution >= 4 is 23.4 Å². The van der Waals surface area contributed by atoms with E-state index in [9.17, 15) is 4.79 Å². The molecule has 0 spiro atoms. The molecule has 0 saturated heterocycles. The van der Waals surface area contributed by atoms with Crippen molar-refractivity contribution < 1.29 is 4.79 Å². The third kappa shape index (κ3) is 3.29. The van der Waals surface area contributed by atoms with Gasteiger partial charge in [0.2, 0.25) is 0 Å². The van der Waals surface area contributed by atoms with Crippen LogP contribution in [-0.2, 0) is 7.05 Å². The minimum Gasteiger partial charge on any atom is -0.399 e. The van der Waals surface area contributed by atoms with E-state index in [1.54, 1.807) is 23.0 Å². The van der Waals surface area contributed by atoms with Crippen LogP contribution in [0.3, 0.4) is 0 Å². The zero-order valence-corrected chi connectivity index (χ0v) is 11.7. The first kappa shape index (κ1) is 13.5. The Labute approximate surface area is 116 Å². The second-order valence-corrected chi connectivity index (χ2v) is 5.18. The lowest BCUT2D eigenvalue weighted by molar-refractivity contribution is 0.0953. The average Bonchev–Trinajstić information content (AvgIpc) is 2.75. The van der Waals surface area contributed by atoms with Crippen LogP contribution in [0.15, 0.2) is 40.4 Å². The van der Waals surface area contributed by atoms with Crippen molar-refractivity contribution in [1.29, 1.82) is 0 Å². The van der Waals surface area contributed by atoms with Gasteiger partial charge in [-0.3, -0.25) is 9.48 Å². The van der Waals surface area contributed by atoms with Crippen LogP contribution >= 0.6 is 11.8 Å². The minimum atomic E-state index is -0.0890. The molecule has 19 heavy (non-hydrogen) atoms. The van der Waals surface area contributed by atoms with Gasteiger partial charge in [0.25, 0.3) is 5.91 Å². The molecule has 5 nitrogen and oxygen atoms in total. The van der Waals surface area contributed by atoms with Crippen molar-refractivity contribution in [2.75, 3.05) is 12.3 Å². The summed E-state index contributed by atoms with van der Waals surface area (Å²) in [5.41, 5.74) is 7.06. The van der Waals surface area contributed by atoms with Crippen molar-refractivity contribution in [3.63, 3.8) is 0 Å². The monoisotopic (exact) mass is 276 g/mol. The fraction of sp³-hybridized carbons (Fsp3) is 0.231. The standard InChI is InChI=1S/C13H16N4OS/c1-3-15-13(18)11-5-4-9(14)6-12(11)19-10-7-16-17(2)8-10/h4-8H,3,14H2,1-2H3,(H,15,18). The number of nitrogens with one attached hydrogen (secondary N) is 1. The lowest BCUT2D eigenvalue weighted by Crippen LogP contribution is -2.23. The summed E-state index contributed by atoms with van der Waals surface area (Å²) in [6, 6.07) is 5.29. The molecule has 1 aromatic heterocycles. The molecule has 0 radical (unpaired) electrons. The van der Waals surface area contributed by atoms with E-state index in [-0.39, 0.29) is 5.91 Å². The second kappa shape index (κ2) is 5.79. The van der Waals surface area contributed by atoms with Gasteiger partial charge in [0.15, 0.2) is 0 Å². The van der Waals surface area contributed by atoms with Gasteiger partial charge < -0.3 is 11.1 Å². The molecule has 2 rings (SSSR count). The summed E-state index contributed by atoms with van der Waals surface area (Å²) in [6.45, 7) is 2.49. The first-order valence-corrected chi connectivity index (χ1v) is 6.76. The Kier molecular flexibility index (Phi) is 4.11. The van der Waals surface area contributed by atoms with Crippen molar-refractivity contribution in [2.24, 2.45) is 7.05 Å². The molecule has 1 heterocycles. The molecule has 0 bridgehead atoms.